The smallest absolute Gasteiger partial charge is 0.246 e. The lowest BCUT2D eigenvalue weighted by Gasteiger charge is -2.12. The maximum Gasteiger partial charge on any atom is 0.246 e. The van der Waals surface area contributed by atoms with E-state index >= 15 is 0 Å². The Morgan fingerprint density at radius 1 is 1.10 bits per heavy atom. The fraction of sp³-hybridized carbons (Fsp3) is 0.318. The number of ether oxygens (including phenoxy) is 1. The number of carbonyl (C=O) groups is 1. The molecule has 1 saturated carbocycles. The molecule has 0 unspecified atom stereocenters. The highest BCUT2D eigenvalue weighted by molar-refractivity contribution is 6.31. The average Bonchev–Trinajstić information content (AvgIpc) is 3.57. The SMILES string of the molecule is O=C(COCc1ccccc1)NCCNc1nc(C2CC2)nc2cc(Cl)ccc12. The van der Waals surface area contributed by atoms with E-state index in [-0.39, 0.29) is 12.5 Å². The Morgan fingerprint density at radius 2 is 1.93 bits per heavy atom. The fourth-order valence-electron chi connectivity index (χ4n) is 3.05. The molecular weight excluding hydrogens is 388 g/mol. The van der Waals surface area contributed by atoms with Gasteiger partial charge in [-0.25, -0.2) is 9.97 Å². The van der Waals surface area contributed by atoms with Crippen LogP contribution in [-0.4, -0.2) is 35.6 Å². The van der Waals surface area contributed by atoms with Gasteiger partial charge in [0.15, 0.2) is 0 Å². The van der Waals surface area contributed by atoms with Crippen LogP contribution in [0, 0.1) is 0 Å². The van der Waals surface area contributed by atoms with E-state index in [0.29, 0.717) is 30.6 Å². The van der Waals surface area contributed by atoms with Crippen LogP contribution in [0.1, 0.15) is 30.1 Å². The Hall–Kier alpha value is -2.70. The highest BCUT2D eigenvalue weighted by Gasteiger charge is 2.27. The van der Waals surface area contributed by atoms with E-state index in [0.717, 1.165) is 41.0 Å². The topological polar surface area (TPSA) is 76.1 Å². The molecule has 2 aromatic carbocycles. The summed E-state index contributed by atoms with van der Waals surface area (Å²) >= 11 is 6.12. The van der Waals surface area contributed by atoms with Gasteiger partial charge in [-0.1, -0.05) is 41.9 Å². The van der Waals surface area contributed by atoms with E-state index in [4.69, 9.17) is 16.3 Å². The summed E-state index contributed by atoms with van der Waals surface area (Å²) in [5.74, 6) is 1.95. The number of fused-ring (bicyclic) bond motifs is 1. The Kier molecular flexibility index (Phi) is 6.22. The van der Waals surface area contributed by atoms with Crippen molar-refractivity contribution in [3.05, 3.63) is 64.9 Å². The van der Waals surface area contributed by atoms with E-state index in [1.54, 1.807) is 0 Å². The average molecular weight is 411 g/mol. The van der Waals surface area contributed by atoms with Gasteiger partial charge < -0.3 is 15.4 Å². The van der Waals surface area contributed by atoms with Crippen LogP contribution in [0.5, 0.6) is 0 Å². The zero-order valence-corrected chi connectivity index (χ0v) is 16.8. The second-order valence-electron chi connectivity index (χ2n) is 7.12. The lowest BCUT2D eigenvalue weighted by Crippen LogP contribution is -2.31. The summed E-state index contributed by atoms with van der Waals surface area (Å²) in [6.45, 7) is 1.50. The predicted octanol–water partition coefficient (Wildman–Crippen LogP) is 3.91. The van der Waals surface area contributed by atoms with Crippen molar-refractivity contribution < 1.29 is 9.53 Å². The van der Waals surface area contributed by atoms with Crippen LogP contribution in [0.4, 0.5) is 5.82 Å². The van der Waals surface area contributed by atoms with Gasteiger partial charge >= 0.3 is 0 Å². The number of aromatic nitrogens is 2. The van der Waals surface area contributed by atoms with Crippen LogP contribution in [0.25, 0.3) is 10.9 Å². The molecule has 1 fully saturated rings. The normalized spacial score (nSPS) is 13.4. The molecule has 0 radical (unpaired) electrons. The third kappa shape index (κ3) is 5.43. The van der Waals surface area contributed by atoms with E-state index < -0.39 is 0 Å². The first-order valence-electron chi connectivity index (χ1n) is 9.78. The second kappa shape index (κ2) is 9.20. The molecule has 0 atom stereocenters. The summed E-state index contributed by atoms with van der Waals surface area (Å²) in [5.41, 5.74) is 1.89. The monoisotopic (exact) mass is 410 g/mol. The van der Waals surface area contributed by atoms with E-state index in [9.17, 15) is 4.79 Å². The maximum absolute atomic E-state index is 11.9. The third-order valence-corrected chi connectivity index (χ3v) is 4.94. The van der Waals surface area contributed by atoms with Crippen molar-refractivity contribution in [3.8, 4) is 0 Å². The first-order valence-corrected chi connectivity index (χ1v) is 10.2. The first-order chi connectivity index (χ1) is 14.2. The molecule has 0 saturated heterocycles. The minimum absolute atomic E-state index is 0.0374. The number of nitrogens with one attached hydrogen (secondary N) is 2. The van der Waals surface area contributed by atoms with Crippen molar-refractivity contribution >= 4 is 34.2 Å². The van der Waals surface area contributed by atoms with Gasteiger partial charge in [0, 0.05) is 29.4 Å². The molecule has 0 aliphatic heterocycles. The lowest BCUT2D eigenvalue weighted by atomic mass is 10.2. The van der Waals surface area contributed by atoms with Crippen molar-refractivity contribution in [2.24, 2.45) is 0 Å². The number of amides is 1. The molecule has 0 spiro atoms. The predicted molar refractivity (Wildman–Crippen MR) is 114 cm³/mol. The number of carbonyl (C=O) groups excluding carboxylic acids is 1. The van der Waals surface area contributed by atoms with E-state index in [2.05, 4.69) is 20.6 Å². The molecule has 2 N–H and O–H groups in total. The Labute approximate surface area is 174 Å². The summed E-state index contributed by atoms with van der Waals surface area (Å²) in [5, 5.41) is 7.76. The van der Waals surface area contributed by atoms with Gasteiger partial charge in [-0.15, -0.1) is 0 Å². The van der Waals surface area contributed by atoms with Crippen molar-refractivity contribution in [1.29, 1.82) is 0 Å². The standard InChI is InChI=1S/C22H23ClN4O2/c23-17-8-9-18-19(12-17)26-21(16-6-7-16)27-22(18)25-11-10-24-20(28)14-29-13-15-4-2-1-3-5-15/h1-5,8-9,12,16H,6-7,10-11,13-14H2,(H,24,28)(H,25,26,27). The number of hydrogen-bond acceptors (Lipinski definition) is 5. The summed E-state index contributed by atoms with van der Waals surface area (Å²) in [6, 6.07) is 15.4. The fourth-order valence-corrected chi connectivity index (χ4v) is 3.22. The maximum atomic E-state index is 11.9. The molecule has 1 aromatic heterocycles. The molecule has 29 heavy (non-hydrogen) atoms. The van der Waals surface area contributed by atoms with E-state index in [1.807, 2.05) is 48.5 Å². The molecule has 150 valence electrons. The number of benzene rings is 2. The second-order valence-corrected chi connectivity index (χ2v) is 7.56. The molecule has 4 rings (SSSR count). The van der Waals surface area contributed by atoms with Gasteiger partial charge in [0.25, 0.3) is 0 Å². The number of halogens is 1. The quantitative estimate of drug-likeness (QED) is 0.523. The first kappa shape index (κ1) is 19.6. The Morgan fingerprint density at radius 3 is 2.72 bits per heavy atom. The Bertz CT molecular complexity index is 993. The number of rotatable bonds is 9. The zero-order chi connectivity index (χ0) is 20.1. The highest BCUT2D eigenvalue weighted by Crippen LogP contribution is 2.39. The molecule has 1 aliphatic rings. The van der Waals surface area contributed by atoms with Gasteiger partial charge in [0.2, 0.25) is 5.91 Å². The van der Waals surface area contributed by atoms with Crippen LogP contribution in [0.3, 0.4) is 0 Å². The molecule has 1 heterocycles. The molecule has 7 heteroatoms. The molecular formula is C22H23ClN4O2. The summed E-state index contributed by atoms with van der Waals surface area (Å²) in [4.78, 5) is 21.3. The van der Waals surface area contributed by atoms with Gasteiger partial charge in [-0.3, -0.25) is 4.79 Å². The molecule has 0 bridgehead atoms. The number of anilines is 1. The minimum Gasteiger partial charge on any atom is -0.368 e. The minimum atomic E-state index is -0.138. The van der Waals surface area contributed by atoms with Gasteiger partial charge in [-0.05, 0) is 36.6 Å². The van der Waals surface area contributed by atoms with Gasteiger partial charge in [0.1, 0.15) is 18.2 Å². The van der Waals surface area contributed by atoms with Crippen LogP contribution in [-0.2, 0) is 16.1 Å². The van der Waals surface area contributed by atoms with Crippen molar-refractivity contribution in [2.75, 3.05) is 25.0 Å². The summed E-state index contributed by atoms with van der Waals surface area (Å²) in [6.07, 6.45) is 2.26. The molecule has 3 aromatic rings. The van der Waals surface area contributed by atoms with Crippen molar-refractivity contribution in [2.45, 2.75) is 25.4 Å². The molecule has 6 nitrogen and oxygen atoms in total. The molecule has 1 aliphatic carbocycles. The van der Waals surface area contributed by atoms with E-state index in [1.165, 1.54) is 0 Å². The largest absolute Gasteiger partial charge is 0.368 e. The molecule has 1 amide bonds. The van der Waals surface area contributed by atoms with Crippen LogP contribution >= 0.6 is 11.6 Å². The van der Waals surface area contributed by atoms with Crippen molar-refractivity contribution in [1.82, 2.24) is 15.3 Å². The van der Waals surface area contributed by atoms with Crippen molar-refractivity contribution in [3.63, 3.8) is 0 Å². The summed E-state index contributed by atoms with van der Waals surface area (Å²) in [7, 11) is 0. The van der Waals surface area contributed by atoms with Gasteiger partial charge in [0.05, 0.1) is 12.1 Å². The highest BCUT2D eigenvalue weighted by atomic mass is 35.5. The van der Waals surface area contributed by atoms with Crippen LogP contribution in [0.2, 0.25) is 5.02 Å². The zero-order valence-electron chi connectivity index (χ0n) is 16.0. The third-order valence-electron chi connectivity index (χ3n) is 4.70. The number of hydrogen-bond donors (Lipinski definition) is 2. The number of nitrogens with zero attached hydrogens (tertiary/aromatic N) is 2. The van der Waals surface area contributed by atoms with Gasteiger partial charge in [-0.2, -0.15) is 0 Å². The Balaban J connectivity index is 1.27. The van der Waals surface area contributed by atoms with Crippen LogP contribution < -0.4 is 10.6 Å². The summed E-state index contributed by atoms with van der Waals surface area (Å²) < 4.78 is 5.45. The van der Waals surface area contributed by atoms with Crippen LogP contribution in [0.15, 0.2) is 48.5 Å². The lowest BCUT2D eigenvalue weighted by molar-refractivity contribution is -0.126.